The van der Waals surface area contributed by atoms with E-state index in [0.29, 0.717) is 19.2 Å². The number of ether oxygens (including phenoxy) is 1. The summed E-state index contributed by atoms with van der Waals surface area (Å²) in [5.41, 5.74) is 2.40. The molecule has 3 rings (SSSR count). The molecule has 2 aliphatic heterocycles. The van der Waals surface area contributed by atoms with Gasteiger partial charge >= 0.3 is 0 Å². The Morgan fingerprint density at radius 1 is 1.29 bits per heavy atom. The van der Waals surface area contributed by atoms with Crippen molar-refractivity contribution in [3.8, 4) is 0 Å². The first kappa shape index (κ1) is 21.3. The van der Waals surface area contributed by atoms with E-state index < -0.39 is 0 Å². The zero-order valence-corrected chi connectivity index (χ0v) is 17.8. The molecule has 3 heterocycles. The number of H-pyrrole nitrogens is 1. The average Bonchev–Trinajstić information content (AvgIpc) is 3.08. The Balaban J connectivity index is 1.45. The van der Waals surface area contributed by atoms with Crippen LogP contribution in [-0.4, -0.2) is 78.2 Å². The quantitative estimate of drug-likeness (QED) is 0.660. The first-order valence-electron chi connectivity index (χ1n) is 10.9. The minimum atomic E-state index is 0.128. The van der Waals surface area contributed by atoms with E-state index in [1.807, 2.05) is 0 Å². The Labute approximate surface area is 169 Å². The van der Waals surface area contributed by atoms with Crippen LogP contribution in [0.15, 0.2) is 0 Å². The number of carbonyl (C=O) groups excluding carboxylic acids is 1. The van der Waals surface area contributed by atoms with Crippen molar-refractivity contribution >= 4 is 5.91 Å². The number of methoxy groups -OCH3 is 1. The van der Waals surface area contributed by atoms with Gasteiger partial charge in [-0.3, -0.25) is 14.6 Å². The standard InChI is InChI=1S/C21H37N5O2/c1-4-20-23-16(2)19(24-20)15-25-11-7-18(8-12-25)26-10-5-6-17(14-26)21(27)22-9-13-28-3/h17-18H,4-15H2,1-3H3,(H,22,27)(H,23,24). The Hall–Kier alpha value is -1.44. The van der Waals surface area contributed by atoms with Crippen LogP contribution in [0.1, 0.15) is 49.8 Å². The van der Waals surface area contributed by atoms with Crippen LogP contribution in [0.5, 0.6) is 0 Å². The highest BCUT2D eigenvalue weighted by Crippen LogP contribution is 2.25. The SMILES string of the molecule is CCc1nc(CN2CCC(N3CCCC(C(=O)NCCOC)C3)CC2)c(C)[nH]1. The number of rotatable bonds is 8. The molecule has 0 bridgehead atoms. The fourth-order valence-corrected chi connectivity index (χ4v) is 4.51. The number of imidazole rings is 1. The molecule has 0 aromatic carbocycles. The van der Waals surface area contributed by atoms with Gasteiger partial charge in [0.2, 0.25) is 5.91 Å². The fraction of sp³-hybridized carbons (Fsp3) is 0.810. The molecule has 0 radical (unpaired) electrons. The van der Waals surface area contributed by atoms with Gasteiger partial charge in [0.25, 0.3) is 0 Å². The molecule has 2 N–H and O–H groups in total. The van der Waals surface area contributed by atoms with Crippen LogP contribution < -0.4 is 5.32 Å². The van der Waals surface area contributed by atoms with Gasteiger partial charge in [-0.15, -0.1) is 0 Å². The molecule has 0 spiro atoms. The largest absolute Gasteiger partial charge is 0.383 e. The Morgan fingerprint density at radius 3 is 2.75 bits per heavy atom. The molecule has 158 valence electrons. The molecule has 2 aliphatic rings. The second-order valence-corrected chi connectivity index (χ2v) is 8.23. The lowest BCUT2D eigenvalue weighted by Crippen LogP contribution is -2.50. The van der Waals surface area contributed by atoms with E-state index in [4.69, 9.17) is 9.72 Å². The summed E-state index contributed by atoms with van der Waals surface area (Å²) in [4.78, 5) is 25.6. The van der Waals surface area contributed by atoms with E-state index in [9.17, 15) is 4.79 Å². The molecule has 0 aliphatic carbocycles. The molecule has 2 fully saturated rings. The van der Waals surface area contributed by atoms with Gasteiger partial charge in [-0.1, -0.05) is 6.92 Å². The first-order chi connectivity index (χ1) is 13.6. The number of nitrogens with one attached hydrogen (secondary N) is 2. The molecule has 0 saturated carbocycles. The number of likely N-dealkylation sites (tertiary alicyclic amines) is 2. The maximum absolute atomic E-state index is 12.4. The van der Waals surface area contributed by atoms with Crippen molar-refractivity contribution in [2.24, 2.45) is 5.92 Å². The summed E-state index contributed by atoms with van der Waals surface area (Å²) in [5, 5.41) is 3.01. The molecule has 7 heteroatoms. The molecule has 1 unspecified atom stereocenters. The van der Waals surface area contributed by atoms with Gasteiger partial charge in [0.15, 0.2) is 0 Å². The predicted octanol–water partition coefficient (Wildman–Crippen LogP) is 1.72. The van der Waals surface area contributed by atoms with Crippen LogP contribution in [0.2, 0.25) is 0 Å². The Kier molecular flexibility index (Phi) is 7.88. The number of amides is 1. The molecule has 1 aromatic rings. The van der Waals surface area contributed by atoms with Gasteiger partial charge in [-0.05, 0) is 39.2 Å². The van der Waals surface area contributed by atoms with Gasteiger partial charge in [0.05, 0.1) is 18.2 Å². The van der Waals surface area contributed by atoms with Crippen molar-refractivity contribution in [1.29, 1.82) is 0 Å². The minimum Gasteiger partial charge on any atom is -0.383 e. The maximum atomic E-state index is 12.4. The molecular formula is C21H37N5O2. The van der Waals surface area contributed by atoms with E-state index >= 15 is 0 Å². The number of hydrogen-bond donors (Lipinski definition) is 2. The van der Waals surface area contributed by atoms with Crippen LogP contribution in [-0.2, 0) is 22.5 Å². The van der Waals surface area contributed by atoms with Crippen molar-refractivity contribution < 1.29 is 9.53 Å². The molecule has 2 saturated heterocycles. The third-order valence-corrected chi connectivity index (χ3v) is 6.25. The van der Waals surface area contributed by atoms with Crippen molar-refractivity contribution in [1.82, 2.24) is 25.1 Å². The fourth-order valence-electron chi connectivity index (χ4n) is 4.51. The summed E-state index contributed by atoms with van der Waals surface area (Å²) in [6, 6.07) is 0.609. The van der Waals surface area contributed by atoms with Crippen LogP contribution in [0, 0.1) is 12.8 Å². The molecule has 7 nitrogen and oxygen atoms in total. The van der Waals surface area contributed by atoms with E-state index in [1.54, 1.807) is 7.11 Å². The number of hydrogen-bond acceptors (Lipinski definition) is 5. The third-order valence-electron chi connectivity index (χ3n) is 6.25. The summed E-state index contributed by atoms with van der Waals surface area (Å²) < 4.78 is 5.03. The van der Waals surface area contributed by atoms with Crippen LogP contribution in [0.25, 0.3) is 0 Å². The minimum absolute atomic E-state index is 0.128. The summed E-state index contributed by atoms with van der Waals surface area (Å²) in [5.74, 6) is 1.41. The summed E-state index contributed by atoms with van der Waals surface area (Å²) in [7, 11) is 1.66. The van der Waals surface area contributed by atoms with E-state index in [-0.39, 0.29) is 11.8 Å². The third kappa shape index (κ3) is 5.55. The average molecular weight is 392 g/mol. The number of piperidine rings is 2. The zero-order chi connectivity index (χ0) is 19.9. The predicted molar refractivity (Wildman–Crippen MR) is 110 cm³/mol. The second kappa shape index (κ2) is 10.4. The highest BCUT2D eigenvalue weighted by atomic mass is 16.5. The first-order valence-corrected chi connectivity index (χ1v) is 10.9. The number of aryl methyl sites for hydroxylation is 2. The smallest absolute Gasteiger partial charge is 0.224 e. The Bertz CT molecular complexity index is 624. The Morgan fingerprint density at radius 2 is 2.07 bits per heavy atom. The summed E-state index contributed by atoms with van der Waals surface area (Å²) >= 11 is 0. The highest BCUT2D eigenvalue weighted by molar-refractivity contribution is 5.78. The lowest BCUT2D eigenvalue weighted by atomic mass is 9.93. The summed E-state index contributed by atoms with van der Waals surface area (Å²) in [6.45, 7) is 10.6. The normalized spacial score (nSPS) is 22.5. The van der Waals surface area contributed by atoms with E-state index in [2.05, 4.69) is 33.9 Å². The van der Waals surface area contributed by atoms with E-state index in [0.717, 1.165) is 57.8 Å². The van der Waals surface area contributed by atoms with Crippen LogP contribution >= 0.6 is 0 Å². The molecule has 1 amide bonds. The van der Waals surface area contributed by atoms with Gasteiger partial charge in [-0.2, -0.15) is 0 Å². The number of aromatic amines is 1. The molecule has 28 heavy (non-hydrogen) atoms. The van der Waals surface area contributed by atoms with Gasteiger partial charge in [0, 0.05) is 58.0 Å². The highest BCUT2D eigenvalue weighted by Gasteiger charge is 2.31. The number of aromatic nitrogens is 2. The van der Waals surface area contributed by atoms with Crippen molar-refractivity contribution in [3.05, 3.63) is 17.2 Å². The molecular weight excluding hydrogens is 354 g/mol. The number of nitrogens with zero attached hydrogens (tertiary/aromatic N) is 3. The lowest BCUT2D eigenvalue weighted by molar-refractivity contribution is -0.127. The van der Waals surface area contributed by atoms with Crippen LogP contribution in [0.4, 0.5) is 0 Å². The van der Waals surface area contributed by atoms with Gasteiger partial charge in [0.1, 0.15) is 5.82 Å². The monoisotopic (exact) mass is 391 g/mol. The van der Waals surface area contributed by atoms with Crippen LogP contribution in [0.3, 0.4) is 0 Å². The zero-order valence-electron chi connectivity index (χ0n) is 17.8. The molecule has 1 atom stereocenters. The van der Waals surface area contributed by atoms with Crippen molar-refractivity contribution in [3.63, 3.8) is 0 Å². The number of carbonyl (C=O) groups is 1. The molecule has 1 aromatic heterocycles. The van der Waals surface area contributed by atoms with Gasteiger partial charge in [-0.25, -0.2) is 4.98 Å². The van der Waals surface area contributed by atoms with Crippen molar-refractivity contribution in [2.45, 2.75) is 58.5 Å². The second-order valence-electron chi connectivity index (χ2n) is 8.23. The van der Waals surface area contributed by atoms with E-state index in [1.165, 1.54) is 24.2 Å². The lowest BCUT2D eigenvalue weighted by Gasteiger charge is -2.42. The van der Waals surface area contributed by atoms with Crippen molar-refractivity contribution in [2.75, 3.05) is 46.4 Å². The maximum Gasteiger partial charge on any atom is 0.224 e. The topological polar surface area (TPSA) is 73.5 Å². The van der Waals surface area contributed by atoms with Gasteiger partial charge < -0.3 is 15.0 Å². The summed E-state index contributed by atoms with van der Waals surface area (Å²) in [6.07, 6.45) is 5.45.